The zero-order chi connectivity index (χ0) is 23.9. The lowest BCUT2D eigenvalue weighted by molar-refractivity contribution is -0.157. The third-order valence-corrected chi connectivity index (χ3v) is 5.79. The van der Waals surface area contributed by atoms with Gasteiger partial charge in [-0.1, -0.05) is 52.4 Å². The highest BCUT2D eigenvalue weighted by Crippen LogP contribution is 2.39. The molecule has 1 aromatic rings. The molecule has 2 unspecified atom stereocenters. The molecule has 0 radical (unpaired) electrons. The first-order valence-corrected chi connectivity index (χ1v) is 11.2. The third kappa shape index (κ3) is 10.1. The zero-order valence-corrected chi connectivity index (χ0v) is 20.7. The van der Waals surface area contributed by atoms with Crippen LogP contribution in [0.1, 0.15) is 87.9 Å². The molecule has 0 aromatic heterocycles. The number of rotatable bonds is 10. The second-order valence-corrected chi connectivity index (χ2v) is 8.21. The van der Waals surface area contributed by atoms with Crippen molar-refractivity contribution in [2.24, 2.45) is 0 Å². The average molecular weight is 540 g/mol. The second kappa shape index (κ2) is 15.5. The van der Waals surface area contributed by atoms with Crippen LogP contribution >= 0.6 is 12.4 Å². The van der Waals surface area contributed by atoms with Crippen LogP contribution in [-0.2, 0) is 21.9 Å². The van der Waals surface area contributed by atoms with Gasteiger partial charge < -0.3 is 20.6 Å². The van der Waals surface area contributed by atoms with Crippen LogP contribution in [0, 0.1) is 0 Å². The number of halogens is 7. The summed E-state index contributed by atoms with van der Waals surface area (Å²) in [6.45, 7) is 4.09. The summed E-state index contributed by atoms with van der Waals surface area (Å²) in [7, 11) is 0. The van der Waals surface area contributed by atoms with Gasteiger partial charge in [-0.25, -0.2) is 0 Å². The molecule has 1 aliphatic rings. The van der Waals surface area contributed by atoms with E-state index in [9.17, 15) is 31.1 Å². The minimum atomic E-state index is -4.93. The van der Waals surface area contributed by atoms with Crippen molar-refractivity contribution in [3.63, 3.8) is 0 Å². The predicted molar refractivity (Wildman–Crippen MR) is 123 cm³/mol. The van der Waals surface area contributed by atoms with E-state index in [4.69, 9.17) is 4.74 Å². The number of carbonyl (C=O) groups excluding carboxylic acids is 1. The lowest BCUT2D eigenvalue weighted by atomic mass is 9.95. The van der Waals surface area contributed by atoms with E-state index in [1.807, 2.05) is 0 Å². The van der Waals surface area contributed by atoms with Crippen molar-refractivity contribution in [3.8, 4) is 0 Å². The number of alkyl halides is 6. The highest BCUT2D eigenvalue weighted by Gasteiger charge is 2.39. The van der Waals surface area contributed by atoms with E-state index in [-0.39, 0.29) is 60.5 Å². The highest BCUT2D eigenvalue weighted by atomic mass is 35.5. The Kier molecular flexibility index (Phi) is 15.8. The number of ether oxygens (including phenoxy) is 1. The van der Waals surface area contributed by atoms with Gasteiger partial charge in [0.2, 0.25) is 0 Å². The van der Waals surface area contributed by atoms with Crippen LogP contribution in [0.5, 0.6) is 0 Å². The first-order valence-electron chi connectivity index (χ1n) is 11.2. The van der Waals surface area contributed by atoms with Crippen molar-refractivity contribution in [2.45, 2.75) is 89.7 Å². The van der Waals surface area contributed by atoms with E-state index < -0.39 is 35.6 Å². The Bertz CT molecular complexity index is 728. The first-order chi connectivity index (χ1) is 15.0. The minimum absolute atomic E-state index is 0. The Morgan fingerprint density at radius 1 is 0.914 bits per heavy atom. The Morgan fingerprint density at radius 3 is 1.91 bits per heavy atom. The van der Waals surface area contributed by atoms with Crippen LogP contribution in [0.15, 0.2) is 18.2 Å². The fraction of sp³-hybridized carbons (Fsp3) is 0.696. The zero-order valence-electron chi connectivity index (χ0n) is 19.9. The number of amides is 1. The van der Waals surface area contributed by atoms with Crippen LogP contribution in [-0.4, -0.2) is 41.0 Å². The fourth-order valence-electron chi connectivity index (χ4n) is 4.09. The maximum absolute atomic E-state index is 13.3. The molecule has 5 nitrogen and oxygen atoms in total. The summed E-state index contributed by atoms with van der Waals surface area (Å²) in [6.07, 6.45) is -3.69. The Hall–Kier alpha value is -1.56. The van der Waals surface area contributed by atoms with Crippen molar-refractivity contribution in [2.75, 3.05) is 13.2 Å². The lowest BCUT2D eigenvalue weighted by Gasteiger charge is -2.38. The summed E-state index contributed by atoms with van der Waals surface area (Å²) < 4.78 is 85.2. The summed E-state index contributed by atoms with van der Waals surface area (Å²) >= 11 is 0. The molecule has 1 saturated heterocycles. The summed E-state index contributed by atoms with van der Waals surface area (Å²) in [4.78, 5) is 14.4. The summed E-state index contributed by atoms with van der Waals surface area (Å²) in [5.74, 6) is -0.373. The molecule has 0 bridgehead atoms. The largest absolute Gasteiger partial charge is 0.416 e. The maximum atomic E-state index is 13.3. The topological polar surface area (TPSA) is 92.5 Å². The van der Waals surface area contributed by atoms with Gasteiger partial charge in [0.1, 0.15) is 6.10 Å². The van der Waals surface area contributed by atoms with Gasteiger partial charge in [-0.15, -0.1) is 12.4 Å². The van der Waals surface area contributed by atoms with Gasteiger partial charge >= 0.3 is 12.4 Å². The minimum Gasteiger partial charge on any atom is -0.412 e. The number of nitrogens with zero attached hydrogens (tertiary/aromatic N) is 1. The smallest absolute Gasteiger partial charge is 0.412 e. The van der Waals surface area contributed by atoms with E-state index in [1.165, 1.54) is 4.90 Å². The number of hydrogen-bond donors (Lipinski definition) is 0. The molecule has 1 fully saturated rings. The number of carbonyl (C=O) groups is 1. The number of hydrogen-bond acceptors (Lipinski definition) is 2. The molecule has 2 atom stereocenters. The van der Waals surface area contributed by atoms with Crippen molar-refractivity contribution in [1.29, 1.82) is 0 Å². The van der Waals surface area contributed by atoms with Gasteiger partial charge in [0.25, 0.3) is 5.91 Å². The SMILES string of the molecule is CCCCCCCCC1OCCN(C(CC)c2cc(C(F)(F)F)cc(C(F)(F)F)c2)C1=O.Cl.O.O. The number of unbranched alkanes of at least 4 members (excludes halogenated alkanes) is 5. The molecule has 0 saturated carbocycles. The first kappa shape index (κ1) is 35.6. The highest BCUT2D eigenvalue weighted by molar-refractivity contribution is 5.85. The number of benzene rings is 1. The fourth-order valence-corrected chi connectivity index (χ4v) is 4.09. The molecule has 1 aliphatic heterocycles. The van der Waals surface area contributed by atoms with E-state index in [2.05, 4.69) is 6.92 Å². The molecule has 1 aromatic carbocycles. The Labute approximate surface area is 208 Å². The van der Waals surface area contributed by atoms with Gasteiger partial charge in [0.05, 0.1) is 23.8 Å². The van der Waals surface area contributed by atoms with Crippen LogP contribution in [0.3, 0.4) is 0 Å². The lowest BCUT2D eigenvalue weighted by Crippen LogP contribution is -2.49. The summed E-state index contributed by atoms with van der Waals surface area (Å²) in [6, 6.07) is 0.657. The second-order valence-electron chi connectivity index (χ2n) is 8.21. The third-order valence-electron chi connectivity index (χ3n) is 5.79. The maximum Gasteiger partial charge on any atom is 0.416 e. The van der Waals surface area contributed by atoms with Crippen LogP contribution in [0.4, 0.5) is 26.3 Å². The van der Waals surface area contributed by atoms with Crippen LogP contribution in [0.2, 0.25) is 0 Å². The molecule has 206 valence electrons. The Morgan fingerprint density at radius 2 is 1.43 bits per heavy atom. The van der Waals surface area contributed by atoms with E-state index in [1.54, 1.807) is 6.92 Å². The quantitative estimate of drug-likeness (QED) is 0.272. The summed E-state index contributed by atoms with van der Waals surface area (Å²) in [5, 5.41) is 0. The van der Waals surface area contributed by atoms with Gasteiger partial charge in [-0.2, -0.15) is 26.3 Å². The van der Waals surface area contributed by atoms with Crippen LogP contribution < -0.4 is 0 Å². The molecule has 1 heterocycles. The number of morpholine rings is 1. The van der Waals surface area contributed by atoms with Crippen molar-refractivity contribution >= 4 is 18.3 Å². The van der Waals surface area contributed by atoms with Crippen LogP contribution in [0.25, 0.3) is 0 Å². The average Bonchev–Trinajstić information content (AvgIpc) is 2.72. The van der Waals surface area contributed by atoms with Gasteiger partial charge in [-0.3, -0.25) is 4.79 Å². The summed E-state index contributed by atoms with van der Waals surface area (Å²) in [5.41, 5.74) is -2.90. The van der Waals surface area contributed by atoms with Gasteiger partial charge in [-0.05, 0) is 36.6 Å². The molecule has 4 N–H and O–H groups in total. The van der Waals surface area contributed by atoms with Gasteiger partial charge in [0.15, 0.2) is 0 Å². The normalized spacial score (nSPS) is 17.2. The predicted octanol–water partition coefficient (Wildman–Crippen LogP) is 5.93. The standard InChI is InChI=1S/C23H31F6NO2.ClH.2H2O/c1-3-5-6-7-8-9-10-20-21(31)30(11-12-32-20)19(4-2)16-13-17(22(24,25)26)15-18(14-16)23(27,28)29;;;/h13-15,19-20H,3-12H2,1-2H3;1H;2*1H2. The van der Waals surface area contributed by atoms with Crippen molar-refractivity contribution < 1.29 is 46.8 Å². The molecular formula is C23H36ClF6NO4. The molecule has 12 heteroatoms. The van der Waals surface area contributed by atoms with Gasteiger partial charge in [0, 0.05) is 6.54 Å². The van der Waals surface area contributed by atoms with Crippen molar-refractivity contribution in [3.05, 3.63) is 34.9 Å². The molecular weight excluding hydrogens is 504 g/mol. The molecule has 35 heavy (non-hydrogen) atoms. The Balaban J connectivity index is 0. The molecule has 0 aliphatic carbocycles. The van der Waals surface area contributed by atoms with E-state index in [0.29, 0.717) is 6.42 Å². The molecule has 1 amide bonds. The van der Waals surface area contributed by atoms with Crippen molar-refractivity contribution in [1.82, 2.24) is 4.90 Å². The van der Waals surface area contributed by atoms with E-state index in [0.717, 1.165) is 50.7 Å². The molecule has 0 spiro atoms. The van der Waals surface area contributed by atoms with E-state index >= 15 is 0 Å². The monoisotopic (exact) mass is 539 g/mol. The molecule has 2 rings (SSSR count).